The van der Waals surface area contributed by atoms with E-state index in [1.807, 2.05) is 13.8 Å². The van der Waals surface area contributed by atoms with Crippen LogP contribution in [0.3, 0.4) is 0 Å². The van der Waals surface area contributed by atoms with Crippen LogP contribution in [0, 0.1) is 5.92 Å². The molecular weight excluding hydrogens is 297 g/mol. The van der Waals surface area contributed by atoms with Crippen LogP contribution in [0.2, 0.25) is 0 Å². The minimum atomic E-state index is -1.16. The van der Waals surface area contributed by atoms with Gasteiger partial charge in [-0.15, -0.1) is 24.8 Å². The van der Waals surface area contributed by atoms with Crippen molar-refractivity contribution in [2.45, 2.75) is 26.3 Å². The van der Waals surface area contributed by atoms with Gasteiger partial charge in [0.25, 0.3) is 0 Å². The summed E-state index contributed by atoms with van der Waals surface area (Å²) in [6, 6.07) is 0. The SMILES string of the molecule is CC(N)=NCCSC[C@](N)(C(=O)O)C(C)C.Cl.Cl. The molecule has 0 amide bonds. The first kappa shape index (κ1) is 23.0. The van der Waals surface area contributed by atoms with Crippen molar-refractivity contribution in [3.63, 3.8) is 0 Å². The van der Waals surface area contributed by atoms with E-state index in [1.165, 1.54) is 11.8 Å². The zero-order valence-electron chi connectivity index (χ0n) is 10.9. The monoisotopic (exact) mass is 319 g/mol. The number of nitrogens with zero attached hydrogens (tertiary/aromatic N) is 1. The average molecular weight is 320 g/mol. The van der Waals surface area contributed by atoms with Crippen LogP contribution in [0.25, 0.3) is 0 Å². The molecule has 5 nitrogen and oxygen atoms in total. The van der Waals surface area contributed by atoms with E-state index in [4.69, 9.17) is 16.6 Å². The van der Waals surface area contributed by atoms with E-state index in [9.17, 15) is 4.79 Å². The molecule has 0 aliphatic rings. The lowest BCUT2D eigenvalue weighted by Gasteiger charge is -2.28. The van der Waals surface area contributed by atoms with Crippen molar-refractivity contribution in [1.82, 2.24) is 0 Å². The summed E-state index contributed by atoms with van der Waals surface area (Å²) < 4.78 is 0. The second-order valence-electron chi connectivity index (χ2n) is 4.08. The Kier molecular flexibility index (Phi) is 13.7. The third kappa shape index (κ3) is 8.02. The van der Waals surface area contributed by atoms with Gasteiger partial charge in [-0.05, 0) is 12.8 Å². The molecule has 0 spiro atoms. The molecule has 0 aromatic rings. The Bertz CT molecular complexity index is 274. The Morgan fingerprint density at radius 1 is 1.44 bits per heavy atom. The van der Waals surface area contributed by atoms with Gasteiger partial charge in [0.15, 0.2) is 0 Å². The lowest BCUT2D eigenvalue weighted by molar-refractivity contribution is -0.144. The Balaban J connectivity index is -0.00000112. The van der Waals surface area contributed by atoms with Crippen molar-refractivity contribution in [3.05, 3.63) is 0 Å². The summed E-state index contributed by atoms with van der Waals surface area (Å²) in [5.41, 5.74) is 10.1. The van der Waals surface area contributed by atoms with Crippen molar-refractivity contribution < 1.29 is 9.90 Å². The minimum absolute atomic E-state index is 0. The summed E-state index contributed by atoms with van der Waals surface area (Å²) in [5, 5.41) is 9.06. The van der Waals surface area contributed by atoms with E-state index >= 15 is 0 Å². The Morgan fingerprint density at radius 2 is 1.94 bits per heavy atom. The fourth-order valence-electron chi connectivity index (χ4n) is 1.00. The maximum Gasteiger partial charge on any atom is 0.324 e. The summed E-state index contributed by atoms with van der Waals surface area (Å²) in [4.78, 5) is 15.1. The molecule has 0 saturated carbocycles. The number of amidine groups is 1. The predicted molar refractivity (Wildman–Crippen MR) is 83.4 cm³/mol. The molecule has 0 unspecified atom stereocenters. The second-order valence-corrected chi connectivity index (χ2v) is 5.18. The highest BCUT2D eigenvalue weighted by Crippen LogP contribution is 2.20. The molecule has 0 bridgehead atoms. The number of nitrogens with two attached hydrogens (primary N) is 2. The topological polar surface area (TPSA) is 102 Å². The maximum atomic E-state index is 11.0. The third-order valence-electron chi connectivity index (χ3n) is 2.37. The van der Waals surface area contributed by atoms with Crippen LogP contribution in [0.5, 0.6) is 0 Å². The molecule has 0 saturated heterocycles. The molecule has 18 heavy (non-hydrogen) atoms. The van der Waals surface area contributed by atoms with Gasteiger partial charge in [-0.2, -0.15) is 11.8 Å². The first-order valence-corrected chi connectivity index (χ1v) is 6.32. The molecule has 0 aliphatic heterocycles. The van der Waals surface area contributed by atoms with Gasteiger partial charge in [-0.3, -0.25) is 9.79 Å². The fourth-order valence-corrected chi connectivity index (χ4v) is 2.16. The summed E-state index contributed by atoms with van der Waals surface area (Å²) >= 11 is 1.49. The number of halogens is 2. The number of rotatable bonds is 7. The number of aliphatic imine (C=N–C) groups is 1. The number of carboxylic acid groups (broad SMARTS) is 1. The largest absolute Gasteiger partial charge is 0.480 e. The molecule has 0 fully saturated rings. The number of thioether (sulfide) groups is 1. The Morgan fingerprint density at radius 3 is 2.28 bits per heavy atom. The number of hydrogen-bond acceptors (Lipinski definition) is 4. The van der Waals surface area contributed by atoms with E-state index in [2.05, 4.69) is 4.99 Å². The van der Waals surface area contributed by atoms with Gasteiger partial charge in [0, 0.05) is 18.1 Å². The molecule has 5 N–H and O–H groups in total. The normalized spacial score (nSPS) is 14.4. The molecule has 1 atom stereocenters. The van der Waals surface area contributed by atoms with Crippen LogP contribution in [0.4, 0.5) is 0 Å². The lowest BCUT2D eigenvalue weighted by atomic mass is 9.90. The van der Waals surface area contributed by atoms with Crippen LogP contribution < -0.4 is 11.5 Å². The van der Waals surface area contributed by atoms with E-state index in [-0.39, 0.29) is 30.7 Å². The van der Waals surface area contributed by atoms with Crippen molar-refractivity contribution >= 4 is 48.4 Å². The standard InChI is InChI=1S/C10H21N3O2S.2ClH/c1-7(2)10(12,9(14)15)6-16-5-4-13-8(3)11;;/h7H,4-6,12H2,1-3H3,(H2,11,13)(H,14,15);2*1H/t10-;;/m1../s1. The highest BCUT2D eigenvalue weighted by Gasteiger charge is 2.37. The maximum absolute atomic E-state index is 11.0. The quantitative estimate of drug-likeness (QED) is 0.374. The molecule has 0 rings (SSSR count). The predicted octanol–water partition coefficient (Wildman–Crippen LogP) is 1.38. The van der Waals surface area contributed by atoms with Gasteiger partial charge in [0.2, 0.25) is 0 Å². The molecule has 110 valence electrons. The number of aliphatic carboxylic acids is 1. The number of carboxylic acids is 1. The van der Waals surface area contributed by atoms with E-state index in [1.54, 1.807) is 6.92 Å². The smallest absolute Gasteiger partial charge is 0.324 e. The van der Waals surface area contributed by atoms with Crippen molar-refractivity contribution in [2.24, 2.45) is 22.4 Å². The van der Waals surface area contributed by atoms with E-state index in [0.717, 1.165) is 5.75 Å². The van der Waals surface area contributed by atoms with E-state index < -0.39 is 11.5 Å². The summed E-state index contributed by atoms with van der Waals surface area (Å²) in [6.07, 6.45) is 0. The van der Waals surface area contributed by atoms with Crippen molar-refractivity contribution in [1.29, 1.82) is 0 Å². The Labute approximate surface area is 125 Å². The highest BCUT2D eigenvalue weighted by molar-refractivity contribution is 7.99. The molecule has 0 aromatic carbocycles. The van der Waals surface area contributed by atoms with Crippen LogP contribution >= 0.6 is 36.6 Å². The minimum Gasteiger partial charge on any atom is -0.480 e. The molecule has 0 heterocycles. The van der Waals surface area contributed by atoms with Gasteiger partial charge in [0.05, 0.1) is 5.84 Å². The third-order valence-corrected chi connectivity index (χ3v) is 3.52. The molecule has 0 radical (unpaired) electrons. The zero-order chi connectivity index (χ0) is 12.8. The molecule has 8 heteroatoms. The van der Waals surface area contributed by atoms with Gasteiger partial charge >= 0.3 is 5.97 Å². The van der Waals surface area contributed by atoms with Crippen molar-refractivity contribution in [2.75, 3.05) is 18.1 Å². The zero-order valence-corrected chi connectivity index (χ0v) is 13.3. The van der Waals surface area contributed by atoms with Crippen LogP contribution in [0.1, 0.15) is 20.8 Å². The summed E-state index contributed by atoms with van der Waals surface area (Å²) in [7, 11) is 0. The first-order chi connectivity index (χ1) is 7.30. The highest BCUT2D eigenvalue weighted by atomic mass is 35.5. The average Bonchev–Trinajstić information content (AvgIpc) is 2.15. The summed E-state index contributed by atoms with van der Waals surface area (Å²) in [5.74, 6) is 0.611. The fraction of sp³-hybridized carbons (Fsp3) is 0.800. The first-order valence-electron chi connectivity index (χ1n) is 5.17. The number of carbonyl (C=O) groups is 1. The lowest BCUT2D eigenvalue weighted by Crippen LogP contribution is -2.54. The molecule has 0 aliphatic carbocycles. The van der Waals surface area contributed by atoms with Crippen LogP contribution in [0.15, 0.2) is 4.99 Å². The van der Waals surface area contributed by atoms with Crippen LogP contribution in [-0.4, -0.2) is 40.5 Å². The Hall–Kier alpha value is -0.170. The van der Waals surface area contributed by atoms with Crippen LogP contribution in [-0.2, 0) is 4.79 Å². The van der Waals surface area contributed by atoms with Gasteiger partial charge in [-0.1, -0.05) is 13.8 Å². The number of hydrogen-bond donors (Lipinski definition) is 3. The van der Waals surface area contributed by atoms with Gasteiger partial charge in [0.1, 0.15) is 5.54 Å². The van der Waals surface area contributed by atoms with Gasteiger partial charge in [-0.25, -0.2) is 0 Å². The molecule has 0 aromatic heterocycles. The second kappa shape index (κ2) is 10.7. The molecular formula is C10H23Cl2N3O2S. The van der Waals surface area contributed by atoms with E-state index in [0.29, 0.717) is 18.1 Å². The summed E-state index contributed by atoms with van der Waals surface area (Å²) in [6.45, 7) is 5.96. The van der Waals surface area contributed by atoms with Crippen molar-refractivity contribution in [3.8, 4) is 0 Å². The van der Waals surface area contributed by atoms with Gasteiger partial charge < -0.3 is 16.6 Å².